The molecular formula is C12H13N3O4. The Morgan fingerprint density at radius 3 is 2.95 bits per heavy atom. The summed E-state index contributed by atoms with van der Waals surface area (Å²) in [6.07, 6.45) is 0.536. The Morgan fingerprint density at radius 1 is 1.47 bits per heavy atom. The lowest BCUT2D eigenvalue weighted by molar-refractivity contribution is -0.385. The van der Waals surface area contributed by atoms with E-state index in [4.69, 9.17) is 9.26 Å². The second kappa shape index (κ2) is 5.57. The summed E-state index contributed by atoms with van der Waals surface area (Å²) in [5.41, 5.74) is 1.16. The Hall–Kier alpha value is -2.28. The van der Waals surface area contributed by atoms with Gasteiger partial charge in [0.05, 0.1) is 11.5 Å². The Kier molecular flexibility index (Phi) is 3.86. The summed E-state index contributed by atoms with van der Waals surface area (Å²) in [5, 5.41) is 14.7. The smallest absolute Gasteiger partial charge is 0.273 e. The van der Waals surface area contributed by atoms with Crippen molar-refractivity contribution in [3.8, 4) is 11.5 Å². The summed E-state index contributed by atoms with van der Waals surface area (Å²) in [7, 11) is 1.59. The van der Waals surface area contributed by atoms with E-state index in [-0.39, 0.29) is 11.6 Å². The van der Waals surface area contributed by atoms with Crippen LogP contribution in [0.15, 0.2) is 22.7 Å². The zero-order valence-electron chi connectivity index (χ0n) is 10.6. The van der Waals surface area contributed by atoms with Gasteiger partial charge in [-0.3, -0.25) is 10.1 Å². The van der Waals surface area contributed by atoms with Crippen LogP contribution in [0.2, 0.25) is 0 Å². The highest BCUT2D eigenvalue weighted by atomic mass is 16.6. The van der Waals surface area contributed by atoms with Gasteiger partial charge in [0.15, 0.2) is 5.82 Å². The first-order valence-corrected chi connectivity index (χ1v) is 5.68. The number of aryl methyl sites for hydroxylation is 1. The lowest BCUT2D eigenvalue weighted by Crippen LogP contribution is -1.96. The largest absolute Gasteiger partial charge is 0.384 e. The average molecular weight is 263 g/mol. The van der Waals surface area contributed by atoms with E-state index in [0.717, 1.165) is 0 Å². The van der Waals surface area contributed by atoms with Crippen LogP contribution in [0.4, 0.5) is 5.69 Å². The molecule has 1 aromatic heterocycles. The molecule has 7 heteroatoms. The highest BCUT2D eigenvalue weighted by Gasteiger charge is 2.15. The SMILES string of the molecule is COCCc1noc(-c2ccc(C)c([N+](=O)[O-])c2)n1. The van der Waals surface area contributed by atoms with Crippen molar-refractivity contribution in [3.63, 3.8) is 0 Å². The maximum absolute atomic E-state index is 10.9. The standard InChI is InChI=1S/C12H13N3O4/c1-8-3-4-9(7-10(8)15(16)17)12-13-11(14-19-12)5-6-18-2/h3-4,7H,5-6H2,1-2H3. The van der Waals surface area contributed by atoms with Crippen molar-refractivity contribution in [2.45, 2.75) is 13.3 Å². The molecule has 0 atom stereocenters. The van der Waals surface area contributed by atoms with Gasteiger partial charge < -0.3 is 9.26 Å². The van der Waals surface area contributed by atoms with E-state index in [2.05, 4.69) is 10.1 Å². The third kappa shape index (κ3) is 2.94. The van der Waals surface area contributed by atoms with Gasteiger partial charge in [0, 0.05) is 30.7 Å². The molecule has 0 N–H and O–H groups in total. The molecule has 0 aliphatic heterocycles. The van der Waals surface area contributed by atoms with Crippen molar-refractivity contribution in [2.75, 3.05) is 13.7 Å². The third-order valence-electron chi connectivity index (χ3n) is 2.65. The molecule has 2 aromatic rings. The van der Waals surface area contributed by atoms with Crippen LogP contribution >= 0.6 is 0 Å². The first-order valence-electron chi connectivity index (χ1n) is 5.68. The number of methoxy groups -OCH3 is 1. The quantitative estimate of drug-likeness (QED) is 0.606. The lowest BCUT2D eigenvalue weighted by Gasteiger charge is -1.98. The summed E-state index contributed by atoms with van der Waals surface area (Å²) in [6, 6.07) is 4.81. The van der Waals surface area contributed by atoms with E-state index in [9.17, 15) is 10.1 Å². The average Bonchev–Trinajstić information content (AvgIpc) is 2.85. The van der Waals surface area contributed by atoms with Crippen LogP contribution in [0, 0.1) is 17.0 Å². The molecule has 0 amide bonds. The summed E-state index contributed by atoms with van der Waals surface area (Å²) in [6.45, 7) is 2.17. The maximum atomic E-state index is 10.9. The lowest BCUT2D eigenvalue weighted by atomic mass is 10.1. The van der Waals surface area contributed by atoms with Crippen molar-refractivity contribution < 1.29 is 14.2 Å². The second-order valence-corrected chi connectivity index (χ2v) is 4.02. The number of nitro groups is 1. The monoisotopic (exact) mass is 263 g/mol. The number of aromatic nitrogens is 2. The van der Waals surface area contributed by atoms with Crippen LogP contribution in [0.5, 0.6) is 0 Å². The molecule has 0 spiro atoms. The summed E-state index contributed by atoms with van der Waals surface area (Å²) >= 11 is 0. The number of ether oxygens (including phenoxy) is 1. The first kappa shape index (κ1) is 13.2. The predicted molar refractivity (Wildman–Crippen MR) is 66.7 cm³/mol. The van der Waals surface area contributed by atoms with E-state index in [1.165, 1.54) is 6.07 Å². The van der Waals surface area contributed by atoms with Crippen molar-refractivity contribution in [3.05, 3.63) is 39.7 Å². The molecule has 0 radical (unpaired) electrons. The number of nitrogens with zero attached hydrogens (tertiary/aromatic N) is 3. The topological polar surface area (TPSA) is 91.3 Å². The summed E-state index contributed by atoms with van der Waals surface area (Å²) in [4.78, 5) is 14.6. The molecule has 0 bridgehead atoms. The number of nitro benzene ring substituents is 1. The second-order valence-electron chi connectivity index (χ2n) is 4.02. The van der Waals surface area contributed by atoms with Crippen LogP contribution in [0.25, 0.3) is 11.5 Å². The van der Waals surface area contributed by atoms with E-state index >= 15 is 0 Å². The molecule has 7 nitrogen and oxygen atoms in total. The third-order valence-corrected chi connectivity index (χ3v) is 2.65. The Balaban J connectivity index is 2.29. The van der Waals surface area contributed by atoms with Crippen LogP contribution in [0.1, 0.15) is 11.4 Å². The van der Waals surface area contributed by atoms with Gasteiger partial charge in [-0.1, -0.05) is 11.2 Å². The summed E-state index contributed by atoms with van der Waals surface area (Å²) < 4.78 is 10.00. The zero-order valence-corrected chi connectivity index (χ0v) is 10.6. The van der Waals surface area contributed by atoms with Gasteiger partial charge in [-0.2, -0.15) is 4.98 Å². The number of hydrogen-bond donors (Lipinski definition) is 0. The highest BCUT2D eigenvalue weighted by molar-refractivity contribution is 5.59. The Bertz CT molecular complexity index is 594. The van der Waals surface area contributed by atoms with Gasteiger partial charge >= 0.3 is 0 Å². The molecule has 0 saturated carbocycles. The fraction of sp³-hybridized carbons (Fsp3) is 0.333. The molecule has 2 rings (SSSR count). The van der Waals surface area contributed by atoms with Gasteiger partial charge in [0.2, 0.25) is 0 Å². The van der Waals surface area contributed by atoms with Gasteiger partial charge in [0.1, 0.15) is 0 Å². The van der Waals surface area contributed by atoms with Crippen LogP contribution in [-0.4, -0.2) is 28.8 Å². The van der Waals surface area contributed by atoms with Gasteiger partial charge in [-0.15, -0.1) is 0 Å². The minimum Gasteiger partial charge on any atom is -0.384 e. The van der Waals surface area contributed by atoms with E-state index in [1.807, 2.05) is 0 Å². The number of hydrogen-bond acceptors (Lipinski definition) is 6. The van der Waals surface area contributed by atoms with Crippen LogP contribution in [-0.2, 0) is 11.2 Å². The van der Waals surface area contributed by atoms with Gasteiger partial charge in [-0.25, -0.2) is 0 Å². The van der Waals surface area contributed by atoms with E-state index in [1.54, 1.807) is 26.2 Å². The summed E-state index contributed by atoms with van der Waals surface area (Å²) in [5.74, 6) is 0.786. The fourth-order valence-corrected chi connectivity index (χ4v) is 1.61. The fourth-order valence-electron chi connectivity index (χ4n) is 1.61. The number of benzene rings is 1. The van der Waals surface area contributed by atoms with Crippen LogP contribution < -0.4 is 0 Å². The molecule has 0 aliphatic carbocycles. The normalized spacial score (nSPS) is 10.6. The Morgan fingerprint density at radius 2 is 2.26 bits per heavy atom. The van der Waals surface area contributed by atoms with Crippen molar-refractivity contribution >= 4 is 5.69 Å². The molecule has 0 fully saturated rings. The van der Waals surface area contributed by atoms with E-state index < -0.39 is 4.92 Å². The molecule has 0 unspecified atom stereocenters. The molecule has 0 saturated heterocycles. The molecule has 1 heterocycles. The van der Waals surface area contributed by atoms with Crippen molar-refractivity contribution in [1.82, 2.24) is 10.1 Å². The molecule has 1 aromatic carbocycles. The zero-order chi connectivity index (χ0) is 13.8. The number of rotatable bonds is 5. The van der Waals surface area contributed by atoms with Gasteiger partial charge in [0.25, 0.3) is 11.6 Å². The van der Waals surface area contributed by atoms with Crippen molar-refractivity contribution in [2.24, 2.45) is 0 Å². The molecular weight excluding hydrogens is 250 g/mol. The van der Waals surface area contributed by atoms with Gasteiger partial charge in [-0.05, 0) is 13.0 Å². The maximum Gasteiger partial charge on any atom is 0.273 e. The molecule has 100 valence electrons. The highest BCUT2D eigenvalue weighted by Crippen LogP contribution is 2.25. The molecule has 19 heavy (non-hydrogen) atoms. The molecule has 0 aliphatic rings. The minimum atomic E-state index is -0.430. The minimum absolute atomic E-state index is 0.0362. The van der Waals surface area contributed by atoms with E-state index in [0.29, 0.717) is 30.0 Å². The predicted octanol–water partition coefficient (Wildman–Crippen LogP) is 2.14. The first-order chi connectivity index (χ1) is 9.11. The van der Waals surface area contributed by atoms with Crippen LogP contribution in [0.3, 0.4) is 0 Å². The Labute approximate surface area is 109 Å². The van der Waals surface area contributed by atoms with Crippen molar-refractivity contribution in [1.29, 1.82) is 0 Å².